The number of carbonyl (C=O) groups is 1. The van der Waals surface area contributed by atoms with Gasteiger partial charge in [-0.3, -0.25) is 9.78 Å². The molecule has 1 amide bonds. The maximum atomic E-state index is 12.6. The number of benzene rings is 2. The van der Waals surface area contributed by atoms with Crippen molar-refractivity contribution in [2.45, 2.75) is 0 Å². The predicted octanol–water partition coefficient (Wildman–Crippen LogP) is 4.02. The van der Waals surface area contributed by atoms with Gasteiger partial charge in [0.25, 0.3) is 5.91 Å². The quantitative estimate of drug-likeness (QED) is 0.586. The molecular weight excluding hydrogens is 326 g/mol. The van der Waals surface area contributed by atoms with E-state index in [0.717, 1.165) is 16.6 Å². The largest absolute Gasteiger partial charge is 0.340 e. The highest BCUT2D eigenvalue weighted by atomic mass is 16.1. The van der Waals surface area contributed by atoms with Gasteiger partial charge < -0.3 is 10.6 Å². The van der Waals surface area contributed by atoms with E-state index in [4.69, 9.17) is 0 Å². The van der Waals surface area contributed by atoms with Crippen molar-refractivity contribution in [3.05, 3.63) is 84.9 Å². The molecule has 2 aromatic carbocycles. The van der Waals surface area contributed by atoms with Crippen LogP contribution in [-0.2, 0) is 0 Å². The van der Waals surface area contributed by atoms with Crippen LogP contribution in [0.2, 0.25) is 0 Å². The van der Waals surface area contributed by atoms with E-state index in [0.29, 0.717) is 11.5 Å². The smallest absolute Gasteiger partial charge is 0.274 e. The fourth-order valence-corrected chi connectivity index (χ4v) is 2.61. The van der Waals surface area contributed by atoms with Gasteiger partial charge in [-0.1, -0.05) is 36.4 Å². The lowest BCUT2D eigenvalue weighted by Gasteiger charge is -2.09. The number of fused-ring (bicyclic) bond motifs is 1. The van der Waals surface area contributed by atoms with Crippen molar-refractivity contribution in [1.29, 1.82) is 0 Å². The highest BCUT2D eigenvalue weighted by molar-refractivity contribution is 6.07. The zero-order chi connectivity index (χ0) is 17.8. The van der Waals surface area contributed by atoms with Crippen LogP contribution in [0.1, 0.15) is 10.5 Å². The number of para-hydroxylation sites is 2. The van der Waals surface area contributed by atoms with Gasteiger partial charge in [0.1, 0.15) is 17.8 Å². The van der Waals surface area contributed by atoms with Crippen LogP contribution < -0.4 is 10.6 Å². The Labute approximate surface area is 150 Å². The highest BCUT2D eigenvalue weighted by Gasteiger charge is 2.11. The Hall–Kier alpha value is -3.80. The predicted molar refractivity (Wildman–Crippen MR) is 101 cm³/mol. The third kappa shape index (κ3) is 3.34. The van der Waals surface area contributed by atoms with Gasteiger partial charge in [0.2, 0.25) is 0 Å². The van der Waals surface area contributed by atoms with E-state index in [1.807, 2.05) is 60.7 Å². The molecule has 0 fully saturated rings. The van der Waals surface area contributed by atoms with Crippen molar-refractivity contribution in [1.82, 2.24) is 15.0 Å². The first kappa shape index (κ1) is 15.7. The van der Waals surface area contributed by atoms with Crippen molar-refractivity contribution in [3.8, 4) is 0 Å². The molecule has 0 aliphatic rings. The molecule has 0 saturated heterocycles. The molecule has 0 radical (unpaired) electrons. The lowest BCUT2D eigenvalue weighted by Crippen LogP contribution is -2.14. The lowest BCUT2D eigenvalue weighted by molar-refractivity contribution is 0.102. The zero-order valence-corrected chi connectivity index (χ0v) is 13.8. The van der Waals surface area contributed by atoms with E-state index in [2.05, 4.69) is 25.6 Å². The summed E-state index contributed by atoms with van der Waals surface area (Å²) < 4.78 is 0. The van der Waals surface area contributed by atoms with Gasteiger partial charge in [-0.15, -0.1) is 0 Å². The summed E-state index contributed by atoms with van der Waals surface area (Å²) in [6, 6.07) is 20.7. The summed E-state index contributed by atoms with van der Waals surface area (Å²) in [5, 5.41) is 6.98. The van der Waals surface area contributed by atoms with Crippen molar-refractivity contribution in [2.24, 2.45) is 0 Å². The maximum Gasteiger partial charge on any atom is 0.274 e. The molecule has 2 N–H and O–H groups in total. The Balaban J connectivity index is 1.57. The molecule has 26 heavy (non-hydrogen) atoms. The summed E-state index contributed by atoms with van der Waals surface area (Å²) in [5.41, 5.74) is 2.53. The molecule has 0 aliphatic heterocycles. The SMILES string of the molecule is O=C(Nc1cccc2cccnc12)c1cc(Nc2ccccc2)ncn1. The number of carbonyl (C=O) groups excluding carboxylic acids is 1. The first-order chi connectivity index (χ1) is 12.8. The molecule has 0 atom stereocenters. The summed E-state index contributed by atoms with van der Waals surface area (Å²) in [5.74, 6) is 0.231. The van der Waals surface area contributed by atoms with Crippen LogP contribution in [0.15, 0.2) is 79.3 Å². The minimum absolute atomic E-state index is 0.270. The molecule has 0 saturated carbocycles. The van der Waals surface area contributed by atoms with Crippen LogP contribution in [-0.4, -0.2) is 20.9 Å². The van der Waals surface area contributed by atoms with Crippen LogP contribution in [0.4, 0.5) is 17.2 Å². The van der Waals surface area contributed by atoms with E-state index < -0.39 is 0 Å². The Morgan fingerprint density at radius 2 is 1.69 bits per heavy atom. The average molecular weight is 341 g/mol. The van der Waals surface area contributed by atoms with Crippen molar-refractivity contribution >= 4 is 34.0 Å². The Morgan fingerprint density at radius 1 is 0.846 bits per heavy atom. The van der Waals surface area contributed by atoms with Gasteiger partial charge in [-0.2, -0.15) is 0 Å². The molecule has 4 rings (SSSR count). The molecule has 126 valence electrons. The standard InChI is InChI=1S/C20H15N5O/c26-20(25-16-10-4-6-14-7-5-11-21-19(14)16)17-12-18(23-13-22-17)24-15-8-2-1-3-9-15/h1-13H,(H,25,26)(H,22,23,24). The average Bonchev–Trinajstić information content (AvgIpc) is 2.69. The Bertz CT molecular complexity index is 1060. The third-order valence-electron chi connectivity index (χ3n) is 3.83. The maximum absolute atomic E-state index is 12.6. The van der Waals surface area contributed by atoms with Gasteiger partial charge in [0.05, 0.1) is 11.2 Å². The van der Waals surface area contributed by atoms with Gasteiger partial charge in [-0.25, -0.2) is 9.97 Å². The highest BCUT2D eigenvalue weighted by Crippen LogP contribution is 2.21. The number of nitrogens with one attached hydrogen (secondary N) is 2. The first-order valence-electron chi connectivity index (χ1n) is 8.09. The monoisotopic (exact) mass is 341 g/mol. The molecule has 0 aliphatic carbocycles. The molecule has 0 spiro atoms. The van der Waals surface area contributed by atoms with Crippen LogP contribution in [0.3, 0.4) is 0 Å². The van der Waals surface area contributed by atoms with E-state index in [1.165, 1.54) is 6.33 Å². The molecule has 6 heteroatoms. The lowest BCUT2D eigenvalue weighted by atomic mass is 10.2. The van der Waals surface area contributed by atoms with Gasteiger partial charge in [0, 0.05) is 23.3 Å². The zero-order valence-electron chi connectivity index (χ0n) is 13.8. The summed E-state index contributed by atoms with van der Waals surface area (Å²) in [4.78, 5) is 25.2. The topological polar surface area (TPSA) is 79.8 Å². The number of aromatic nitrogens is 3. The third-order valence-corrected chi connectivity index (χ3v) is 3.83. The second-order valence-electron chi connectivity index (χ2n) is 5.61. The number of nitrogens with zero attached hydrogens (tertiary/aromatic N) is 3. The number of hydrogen-bond acceptors (Lipinski definition) is 5. The normalized spacial score (nSPS) is 10.5. The van der Waals surface area contributed by atoms with Crippen LogP contribution in [0.5, 0.6) is 0 Å². The summed E-state index contributed by atoms with van der Waals surface area (Å²) in [7, 11) is 0. The molecular formula is C20H15N5O. The summed E-state index contributed by atoms with van der Waals surface area (Å²) in [6.07, 6.45) is 3.06. The molecule has 0 bridgehead atoms. The molecule has 4 aromatic rings. The second kappa shape index (κ2) is 6.98. The van der Waals surface area contributed by atoms with Crippen LogP contribution in [0.25, 0.3) is 10.9 Å². The van der Waals surface area contributed by atoms with E-state index in [9.17, 15) is 4.79 Å². The fraction of sp³-hybridized carbons (Fsp3) is 0. The minimum atomic E-state index is -0.318. The van der Waals surface area contributed by atoms with Crippen molar-refractivity contribution in [2.75, 3.05) is 10.6 Å². The van der Waals surface area contributed by atoms with Crippen LogP contribution >= 0.6 is 0 Å². The van der Waals surface area contributed by atoms with E-state index in [-0.39, 0.29) is 11.6 Å². The molecule has 0 unspecified atom stereocenters. The number of pyridine rings is 1. The number of rotatable bonds is 4. The minimum Gasteiger partial charge on any atom is -0.340 e. The molecule has 6 nitrogen and oxygen atoms in total. The number of amides is 1. The van der Waals surface area contributed by atoms with E-state index in [1.54, 1.807) is 12.3 Å². The fourth-order valence-electron chi connectivity index (χ4n) is 2.61. The van der Waals surface area contributed by atoms with Crippen LogP contribution in [0, 0.1) is 0 Å². The summed E-state index contributed by atoms with van der Waals surface area (Å²) >= 11 is 0. The van der Waals surface area contributed by atoms with Crippen molar-refractivity contribution < 1.29 is 4.79 Å². The van der Waals surface area contributed by atoms with Gasteiger partial charge >= 0.3 is 0 Å². The van der Waals surface area contributed by atoms with Gasteiger partial charge in [0.15, 0.2) is 0 Å². The summed E-state index contributed by atoms with van der Waals surface area (Å²) in [6.45, 7) is 0. The number of anilines is 3. The molecule has 2 heterocycles. The Morgan fingerprint density at radius 3 is 2.58 bits per heavy atom. The second-order valence-corrected chi connectivity index (χ2v) is 5.61. The Kier molecular flexibility index (Phi) is 4.22. The number of hydrogen-bond donors (Lipinski definition) is 2. The van der Waals surface area contributed by atoms with Crippen molar-refractivity contribution in [3.63, 3.8) is 0 Å². The van der Waals surface area contributed by atoms with Gasteiger partial charge in [-0.05, 0) is 24.3 Å². The first-order valence-corrected chi connectivity index (χ1v) is 8.09. The van der Waals surface area contributed by atoms with E-state index >= 15 is 0 Å². The molecule has 2 aromatic heterocycles.